The largest absolute Gasteiger partial charge is 0.493 e. The van der Waals surface area contributed by atoms with Crippen LogP contribution >= 0.6 is 0 Å². The summed E-state index contributed by atoms with van der Waals surface area (Å²) in [5.74, 6) is -2.26. The lowest BCUT2D eigenvalue weighted by Crippen LogP contribution is -2.56. The van der Waals surface area contributed by atoms with Gasteiger partial charge in [0.2, 0.25) is 5.82 Å². The van der Waals surface area contributed by atoms with Crippen LogP contribution in [0.1, 0.15) is 5.56 Å². The second-order valence-electron chi connectivity index (χ2n) is 3.58. The summed E-state index contributed by atoms with van der Waals surface area (Å²) in [6.07, 6.45) is 0. The lowest BCUT2D eigenvalue weighted by Gasteiger charge is -2.38. The smallest absolute Gasteiger partial charge is 0.200 e. The summed E-state index contributed by atoms with van der Waals surface area (Å²) in [5, 5.41) is 12.8. The van der Waals surface area contributed by atoms with Crippen molar-refractivity contribution in [3.05, 3.63) is 29.3 Å². The van der Waals surface area contributed by atoms with E-state index in [-0.39, 0.29) is 11.3 Å². The fourth-order valence-electron chi connectivity index (χ4n) is 1.65. The molecule has 1 fully saturated rings. The number of ether oxygens (including phenoxy) is 1. The number of hydrogen-bond acceptors (Lipinski definition) is 3. The average molecular weight is 215 g/mol. The Labute approximate surface area is 85.7 Å². The zero-order valence-corrected chi connectivity index (χ0v) is 8.18. The highest BCUT2D eigenvalue weighted by molar-refractivity contribution is 5.41. The summed E-state index contributed by atoms with van der Waals surface area (Å²) in [6.45, 7) is 0.628. The molecular formula is C10H11F2NO2. The summed E-state index contributed by atoms with van der Waals surface area (Å²) >= 11 is 0. The minimum absolute atomic E-state index is 0.223. The summed E-state index contributed by atoms with van der Waals surface area (Å²) < 4.78 is 31.0. The number of benzene rings is 1. The van der Waals surface area contributed by atoms with Crippen LogP contribution in [0.25, 0.3) is 0 Å². The molecule has 2 N–H and O–H groups in total. The molecular weight excluding hydrogens is 204 g/mol. The Bertz CT molecular complexity index is 391. The van der Waals surface area contributed by atoms with Crippen LogP contribution in [0.2, 0.25) is 0 Å². The molecule has 5 heteroatoms. The van der Waals surface area contributed by atoms with Crippen molar-refractivity contribution in [2.24, 2.45) is 0 Å². The maximum absolute atomic E-state index is 13.3. The highest BCUT2D eigenvalue weighted by Gasteiger charge is 2.39. The van der Waals surface area contributed by atoms with Crippen molar-refractivity contribution >= 4 is 0 Å². The lowest BCUT2D eigenvalue weighted by atomic mass is 9.87. The van der Waals surface area contributed by atoms with Crippen molar-refractivity contribution < 1.29 is 18.6 Å². The molecule has 1 aromatic rings. The standard InChI is InChI=1S/C10H11F2NO2/c1-15-9-6(10(14)4-13-5-10)2-3-7(11)8(9)12/h2-3,13-14H,4-5H2,1H3. The number of rotatable bonds is 2. The first-order chi connectivity index (χ1) is 7.08. The summed E-state index contributed by atoms with van der Waals surface area (Å²) in [6, 6.07) is 2.33. The number of nitrogens with one attached hydrogen (secondary N) is 1. The van der Waals surface area contributed by atoms with E-state index in [4.69, 9.17) is 4.74 Å². The van der Waals surface area contributed by atoms with E-state index >= 15 is 0 Å². The van der Waals surface area contributed by atoms with Crippen LogP contribution in [0.5, 0.6) is 5.75 Å². The summed E-state index contributed by atoms with van der Waals surface area (Å²) in [5.41, 5.74) is -0.873. The highest BCUT2D eigenvalue weighted by Crippen LogP contribution is 2.35. The van der Waals surface area contributed by atoms with E-state index in [9.17, 15) is 13.9 Å². The minimum atomic E-state index is -1.15. The van der Waals surface area contributed by atoms with Gasteiger partial charge in [-0.2, -0.15) is 4.39 Å². The first-order valence-electron chi connectivity index (χ1n) is 4.54. The normalized spacial score (nSPS) is 18.4. The summed E-state index contributed by atoms with van der Waals surface area (Å²) in [4.78, 5) is 0. The van der Waals surface area contributed by atoms with Gasteiger partial charge in [0, 0.05) is 18.7 Å². The second kappa shape index (κ2) is 3.43. The topological polar surface area (TPSA) is 41.5 Å². The molecule has 0 spiro atoms. The lowest BCUT2D eigenvalue weighted by molar-refractivity contribution is -0.0170. The van der Waals surface area contributed by atoms with Gasteiger partial charge in [0.25, 0.3) is 0 Å². The van der Waals surface area contributed by atoms with E-state index in [0.717, 1.165) is 6.07 Å². The van der Waals surface area contributed by atoms with Gasteiger partial charge >= 0.3 is 0 Å². The molecule has 1 aliphatic heterocycles. The van der Waals surface area contributed by atoms with Gasteiger partial charge in [0.15, 0.2) is 11.6 Å². The predicted octanol–water partition coefficient (Wildman–Crippen LogP) is 0.764. The second-order valence-corrected chi connectivity index (χ2v) is 3.58. The molecule has 0 bridgehead atoms. The number of halogens is 2. The van der Waals surface area contributed by atoms with Gasteiger partial charge in [-0.15, -0.1) is 0 Å². The van der Waals surface area contributed by atoms with Crippen LogP contribution in [0, 0.1) is 11.6 Å². The van der Waals surface area contributed by atoms with E-state index in [1.807, 2.05) is 0 Å². The van der Waals surface area contributed by atoms with Crippen molar-refractivity contribution in [2.75, 3.05) is 20.2 Å². The van der Waals surface area contributed by atoms with Gasteiger partial charge in [-0.25, -0.2) is 4.39 Å². The summed E-state index contributed by atoms with van der Waals surface area (Å²) in [7, 11) is 1.25. The van der Waals surface area contributed by atoms with Crippen molar-refractivity contribution in [3.63, 3.8) is 0 Å². The van der Waals surface area contributed by atoms with Gasteiger partial charge in [-0.1, -0.05) is 0 Å². The molecule has 0 amide bonds. The van der Waals surface area contributed by atoms with E-state index in [2.05, 4.69) is 5.32 Å². The monoisotopic (exact) mass is 215 g/mol. The Kier molecular flexibility index (Phi) is 2.36. The van der Waals surface area contributed by atoms with Gasteiger partial charge in [-0.05, 0) is 12.1 Å². The molecule has 1 aliphatic rings. The van der Waals surface area contributed by atoms with Gasteiger partial charge < -0.3 is 15.2 Å². The molecule has 0 aliphatic carbocycles. The Morgan fingerprint density at radius 2 is 2.07 bits per heavy atom. The van der Waals surface area contributed by atoms with Gasteiger partial charge in [0.1, 0.15) is 5.60 Å². The predicted molar refractivity (Wildman–Crippen MR) is 49.7 cm³/mol. The quantitative estimate of drug-likeness (QED) is 0.765. The third-order valence-electron chi connectivity index (χ3n) is 2.59. The van der Waals surface area contributed by atoms with Gasteiger partial charge in [-0.3, -0.25) is 0 Å². The zero-order valence-electron chi connectivity index (χ0n) is 8.18. The van der Waals surface area contributed by atoms with Crippen LogP contribution < -0.4 is 10.1 Å². The number of β-amino-alcohol motifs (C(OH)–C–C–N with tert-alkyl or cyclic N) is 1. The van der Waals surface area contributed by atoms with Crippen molar-refractivity contribution in [1.82, 2.24) is 5.32 Å². The van der Waals surface area contributed by atoms with E-state index in [1.54, 1.807) is 0 Å². The van der Waals surface area contributed by atoms with Crippen LogP contribution in [-0.2, 0) is 5.60 Å². The molecule has 0 saturated carbocycles. The fraction of sp³-hybridized carbons (Fsp3) is 0.400. The maximum atomic E-state index is 13.3. The maximum Gasteiger partial charge on any atom is 0.200 e. The molecule has 82 valence electrons. The SMILES string of the molecule is COc1c(C2(O)CNC2)ccc(F)c1F. The third-order valence-corrected chi connectivity index (χ3v) is 2.59. The Balaban J connectivity index is 2.52. The molecule has 3 nitrogen and oxygen atoms in total. The first kappa shape index (κ1) is 10.3. The first-order valence-corrected chi connectivity index (χ1v) is 4.54. The molecule has 0 unspecified atom stereocenters. The van der Waals surface area contributed by atoms with Crippen molar-refractivity contribution in [2.45, 2.75) is 5.60 Å². The molecule has 15 heavy (non-hydrogen) atoms. The van der Waals surface area contributed by atoms with Crippen LogP contribution in [-0.4, -0.2) is 25.3 Å². The van der Waals surface area contributed by atoms with Gasteiger partial charge in [0.05, 0.1) is 7.11 Å². The Hall–Kier alpha value is -1.20. The third kappa shape index (κ3) is 1.48. The molecule has 0 aromatic heterocycles. The number of aliphatic hydroxyl groups is 1. The number of methoxy groups -OCH3 is 1. The minimum Gasteiger partial charge on any atom is -0.493 e. The van der Waals surface area contributed by atoms with Crippen LogP contribution in [0.3, 0.4) is 0 Å². The molecule has 1 saturated heterocycles. The van der Waals surface area contributed by atoms with E-state index in [1.165, 1.54) is 13.2 Å². The van der Waals surface area contributed by atoms with Crippen molar-refractivity contribution in [3.8, 4) is 5.75 Å². The molecule has 1 aromatic carbocycles. The van der Waals surface area contributed by atoms with Crippen LogP contribution in [0.4, 0.5) is 8.78 Å². The average Bonchev–Trinajstić information content (AvgIpc) is 2.18. The van der Waals surface area contributed by atoms with Crippen LogP contribution in [0.15, 0.2) is 12.1 Å². The fourth-order valence-corrected chi connectivity index (χ4v) is 1.65. The molecule has 1 heterocycles. The molecule has 2 rings (SSSR count). The Morgan fingerprint density at radius 3 is 2.53 bits per heavy atom. The highest BCUT2D eigenvalue weighted by atomic mass is 19.2. The zero-order chi connectivity index (χ0) is 11.1. The Morgan fingerprint density at radius 1 is 1.40 bits per heavy atom. The molecule has 0 radical (unpaired) electrons. The molecule has 0 atom stereocenters. The van der Waals surface area contributed by atoms with E-state index in [0.29, 0.717) is 13.1 Å². The van der Waals surface area contributed by atoms with E-state index < -0.39 is 17.2 Å². The van der Waals surface area contributed by atoms with Crippen molar-refractivity contribution in [1.29, 1.82) is 0 Å². The number of hydrogen-bond donors (Lipinski definition) is 2.